The lowest BCUT2D eigenvalue weighted by atomic mass is 9.82. The molecule has 0 aliphatic carbocycles. The standard InChI is InChI=1S/C15H22F2O6S2/c1-10(2)9-14(11(3)4)12-5-7-13(8-6-12)23-25(21,22)15(16,17)24(18,19)20/h5-8,10-11,14H,9H2,1-4H3,(H,18,19,20). The van der Waals surface area contributed by atoms with Gasteiger partial charge in [0.15, 0.2) is 0 Å². The lowest BCUT2D eigenvalue weighted by molar-refractivity contribution is 0.155. The Balaban J connectivity index is 3.08. The van der Waals surface area contributed by atoms with Gasteiger partial charge in [0.2, 0.25) is 0 Å². The first kappa shape index (κ1) is 21.8. The van der Waals surface area contributed by atoms with Gasteiger partial charge in [-0.1, -0.05) is 39.8 Å². The highest BCUT2D eigenvalue weighted by atomic mass is 32.3. The number of hydrogen-bond acceptors (Lipinski definition) is 5. The Hall–Kier alpha value is -1.26. The second kappa shape index (κ2) is 7.55. The van der Waals surface area contributed by atoms with Crippen LogP contribution >= 0.6 is 0 Å². The van der Waals surface area contributed by atoms with Crippen LogP contribution in [0.2, 0.25) is 0 Å². The fourth-order valence-corrected chi connectivity index (χ4v) is 3.97. The van der Waals surface area contributed by atoms with E-state index in [0.29, 0.717) is 11.8 Å². The predicted octanol–water partition coefficient (Wildman–Crippen LogP) is 3.62. The number of benzene rings is 1. The summed E-state index contributed by atoms with van der Waals surface area (Å²) in [4.78, 5) is 0. The first-order chi connectivity index (χ1) is 11.2. The van der Waals surface area contributed by atoms with E-state index in [1.165, 1.54) is 12.1 Å². The average molecular weight is 400 g/mol. The SMILES string of the molecule is CC(C)CC(c1ccc(OS(=O)(=O)C(F)(F)S(=O)(=O)O)cc1)C(C)C. The van der Waals surface area contributed by atoms with Gasteiger partial charge in [-0.15, -0.1) is 0 Å². The maximum Gasteiger partial charge on any atom is 0.506 e. The molecule has 144 valence electrons. The van der Waals surface area contributed by atoms with Crippen molar-refractivity contribution in [3.05, 3.63) is 29.8 Å². The van der Waals surface area contributed by atoms with Crippen molar-refractivity contribution in [3.8, 4) is 5.75 Å². The van der Waals surface area contributed by atoms with Gasteiger partial charge < -0.3 is 4.18 Å². The van der Waals surface area contributed by atoms with Crippen molar-refractivity contribution in [2.45, 2.75) is 44.6 Å². The predicted molar refractivity (Wildman–Crippen MR) is 89.5 cm³/mol. The summed E-state index contributed by atoms with van der Waals surface area (Å²) in [6.07, 6.45) is 0.886. The first-order valence-corrected chi connectivity index (χ1v) is 10.4. The number of hydrogen-bond donors (Lipinski definition) is 1. The Bertz CT molecular complexity index is 784. The summed E-state index contributed by atoms with van der Waals surface area (Å²) in [5, 5.41) is 0. The van der Waals surface area contributed by atoms with Gasteiger partial charge in [-0.2, -0.15) is 25.6 Å². The van der Waals surface area contributed by atoms with E-state index >= 15 is 0 Å². The fraction of sp³-hybridized carbons (Fsp3) is 0.600. The number of rotatable bonds is 8. The van der Waals surface area contributed by atoms with Gasteiger partial charge in [-0.05, 0) is 41.9 Å². The van der Waals surface area contributed by atoms with E-state index in [-0.39, 0.29) is 5.92 Å². The van der Waals surface area contributed by atoms with Crippen LogP contribution in [0.25, 0.3) is 0 Å². The normalized spacial score (nSPS) is 14.8. The monoisotopic (exact) mass is 400 g/mol. The minimum atomic E-state index is -6.17. The van der Waals surface area contributed by atoms with Crippen molar-refractivity contribution in [1.29, 1.82) is 0 Å². The van der Waals surface area contributed by atoms with Crippen LogP contribution in [-0.2, 0) is 20.2 Å². The Morgan fingerprint density at radius 2 is 1.52 bits per heavy atom. The van der Waals surface area contributed by atoms with Gasteiger partial charge in [-0.25, -0.2) is 0 Å². The third kappa shape index (κ3) is 5.11. The van der Waals surface area contributed by atoms with Crippen LogP contribution in [-0.4, -0.2) is 26.0 Å². The van der Waals surface area contributed by atoms with Crippen molar-refractivity contribution >= 4 is 20.2 Å². The highest BCUT2D eigenvalue weighted by molar-refractivity contribution is 8.05. The Morgan fingerprint density at radius 1 is 1.04 bits per heavy atom. The molecule has 0 heterocycles. The summed E-state index contributed by atoms with van der Waals surface area (Å²) in [5.74, 6) is 0.447. The lowest BCUT2D eigenvalue weighted by Crippen LogP contribution is -2.40. The molecule has 1 aromatic rings. The van der Waals surface area contributed by atoms with Gasteiger partial charge in [-0.3, -0.25) is 4.55 Å². The van der Waals surface area contributed by atoms with Gasteiger partial charge in [0, 0.05) is 0 Å². The Kier molecular flexibility index (Phi) is 6.57. The summed E-state index contributed by atoms with van der Waals surface area (Å²) in [7, 11) is -12.1. The first-order valence-electron chi connectivity index (χ1n) is 7.58. The van der Waals surface area contributed by atoms with E-state index in [1.807, 2.05) is 13.8 Å². The third-order valence-electron chi connectivity index (χ3n) is 3.64. The maximum absolute atomic E-state index is 13.3. The third-order valence-corrected chi connectivity index (χ3v) is 6.47. The Labute approximate surface area is 147 Å². The zero-order chi connectivity index (χ0) is 19.6. The fourth-order valence-electron chi connectivity index (χ4n) is 2.38. The molecular formula is C15H22F2O6S2. The molecule has 0 fully saturated rings. The molecule has 10 heteroatoms. The maximum atomic E-state index is 13.3. The molecule has 0 saturated carbocycles. The summed E-state index contributed by atoms with van der Waals surface area (Å²) in [6, 6.07) is 5.43. The second-order valence-electron chi connectivity index (χ2n) is 6.52. The van der Waals surface area contributed by atoms with E-state index in [4.69, 9.17) is 4.55 Å². The van der Waals surface area contributed by atoms with Crippen LogP contribution in [0.3, 0.4) is 0 Å². The molecule has 0 spiro atoms. The average Bonchev–Trinajstić information content (AvgIpc) is 2.43. The molecule has 0 aromatic heterocycles. The molecule has 25 heavy (non-hydrogen) atoms. The molecule has 0 aliphatic heterocycles. The lowest BCUT2D eigenvalue weighted by Gasteiger charge is -2.23. The number of halogens is 2. The van der Waals surface area contributed by atoms with Crippen molar-refractivity contribution in [2.75, 3.05) is 0 Å². The van der Waals surface area contributed by atoms with Crippen LogP contribution in [0.15, 0.2) is 24.3 Å². The second-order valence-corrected chi connectivity index (χ2v) is 9.83. The highest BCUT2D eigenvalue weighted by Crippen LogP contribution is 2.34. The van der Waals surface area contributed by atoms with Crippen LogP contribution in [0.5, 0.6) is 5.75 Å². The topological polar surface area (TPSA) is 97.7 Å². The van der Waals surface area contributed by atoms with E-state index in [9.17, 15) is 25.6 Å². The van der Waals surface area contributed by atoms with Crippen LogP contribution in [0, 0.1) is 11.8 Å². The van der Waals surface area contributed by atoms with Crippen molar-refractivity contribution in [1.82, 2.24) is 0 Å². The zero-order valence-corrected chi connectivity index (χ0v) is 15.9. The smallest absolute Gasteiger partial charge is 0.377 e. The van der Waals surface area contributed by atoms with Crippen molar-refractivity contribution in [2.24, 2.45) is 11.8 Å². The summed E-state index contributed by atoms with van der Waals surface area (Å²) in [6.45, 7) is 8.21. The molecule has 1 aromatic carbocycles. The largest absolute Gasteiger partial charge is 0.506 e. The van der Waals surface area contributed by atoms with Gasteiger partial charge in [0.25, 0.3) is 0 Å². The molecule has 1 N–H and O–H groups in total. The summed E-state index contributed by atoms with van der Waals surface area (Å²) >= 11 is 0. The minimum Gasteiger partial charge on any atom is -0.377 e. The quantitative estimate of drug-likeness (QED) is 0.529. The minimum absolute atomic E-state index is 0.185. The molecule has 6 nitrogen and oxygen atoms in total. The van der Waals surface area contributed by atoms with E-state index < -0.39 is 30.6 Å². The summed E-state index contributed by atoms with van der Waals surface area (Å²) in [5.41, 5.74) is 0.884. The van der Waals surface area contributed by atoms with Crippen molar-refractivity contribution < 1.29 is 34.4 Å². The van der Waals surface area contributed by atoms with E-state index in [0.717, 1.165) is 12.0 Å². The van der Waals surface area contributed by atoms with E-state index in [1.54, 1.807) is 12.1 Å². The number of alkyl halides is 2. The molecule has 0 saturated heterocycles. The zero-order valence-electron chi connectivity index (χ0n) is 14.3. The van der Waals surface area contributed by atoms with Crippen LogP contribution in [0.4, 0.5) is 8.78 Å². The van der Waals surface area contributed by atoms with Crippen molar-refractivity contribution in [3.63, 3.8) is 0 Å². The van der Waals surface area contributed by atoms with E-state index in [2.05, 4.69) is 18.0 Å². The van der Waals surface area contributed by atoms with Crippen LogP contribution < -0.4 is 4.18 Å². The molecule has 0 amide bonds. The van der Waals surface area contributed by atoms with Gasteiger partial charge >= 0.3 is 24.8 Å². The van der Waals surface area contributed by atoms with Gasteiger partial charge in [0.1, 0.15) is 5.75 Å². The van der Waals surface area contributed by atoms with Crippen LogP contribution in [0.1, 0.15) is 45.6 Å². The molecule has 0 radical (unpaired) electrons. The molecule has 1 atom stereocenters. The summed E-state index contributed by atoms with van der Waals surface area (Å²) < 4.78 is 77.6. The molecule has 0 aliphatic rings. The van der Waals surface area contributed by atoms with Gasteiger partial charge in [0.05, 0.1) is 0 Å². The molecule has 1 unspecified atom stereocenters. The molecular weight excluding hydrogens is 378 g/mol. The molecule has 1 rings (SSSR count). The molecule has 0 bridgehead atoms. The Morgan fingerprint density at radius 3 is 1.88 bits per heavy atom. The highest BCUT2D eigenvalue weighted by Gasteiger charge is 2.59.